The van der Waals surface area contributed by atoms with E-state index in [1.165, 1.54) is 16.7 Å². The van der Waals surface area contributed by atoms with Crippen molar-refractivity contribution >= 4 is 10.8 Å². The van der Waals surface area contributed by atoms with Crippen molar-refractivity contribution in [3.8, 4) is 11.1 Å². The van der Waals surface area contributed by atoms with Crippen molar-refractivity contribution < 1.29 is 4.21 Å². The van der Waals surface area contributed by atoms with Gasteiger partial charge in [0.05, 0.1) is 0 Å². The van der Waals surface area contributed by atoms with Crippen molar-refractivity contribution in [2.24, 2.45) is 0 Å². The van der Waals surface area contributed by atoms with Gasteiger partial charge < -0.3 is 5.32 Å². The lowest BCUT2D eigenvalue weighted by atomic mass is 10.0. The molecule has 2 aromatic rings. The zero-order valence-corrected chi connectivity index (χ0v) is 13.5. The summed E-state index contributed by atoms with van der Waals surface area (Å²) >= 11 is 0. The maximum Gasteiger partial charge on any atom is 0.0246 e. The quantitative estimate of drug-likeness (QED) is 0.846. The molecule has 3 heteroatoms. The van der Waals surface area contributed by atoms with Crippen LogP contribution in [0.1, 0.15) is 18.9 Å². The smallest absolute Gasteiger partial charge is 0.0246 e. The van der Waals surface area contributed by atoms with E-state index in [9.17, 15) is 4.21 Å². The zero-order valence-electron chi connectivity index (χ0n) is 12.7. The van der Waals surface area contributed by atoms with Crippen LogP contribution in [0.2, 0.25) is 0 Å². The summed E-state index contributed by atoms with van der Waals surface area (Å²) in [6.45, 7) is 3.00. The fraction of sp³-hybridized carbons (Fsp3) is 0.333. The first-order valence-corrected chi connectivity index (χ1v) is 9.05. The largest absolute Gasteiger partial charge is 0.310 e. The molecular weight excluding hydrogens is 278 g/mol. The highest BCUT2D eigenvalue weighted by Gasteiger charge is 2.03. The first kappa shape index (κ1) is 15.9. The fourth-order valence-electron chi connectivity index (χ4n) is 2.18. The predicted molar refractivity (Wildman–Crippen MR) is 91.7 cm³/mol. The number of nitrogens with one attached hydrogen (secondary N) is 1. The molecule has 2 rings (SSSR count). The lowest BCUT2D eigenvalue weighted by Crippen LogP contribution is -2.26. The van der Waals surface area contributed by atoms with Crippen LogP contribution in [0.3, 0.4) is 0 Å². The number of hydrogen-bond acceptors (Lipinski definition) is 2. The number of hydrogen-bond donors (Lipinski definition) is 1. The van der Waals surface area contributed by atoms with Gasteiger partial charge in [0.1, 0.15) is 0 Å². The summed E-state index contributed by atoms with van der Waals surface area (Å²) in [7, 11) is -0.699. The van der Waals surface area contributed by atoms with Crippen LogP contribution >= 0.6 is 0 Å². The molecule has 0 aliphatic carbocycles. The van der Waals surface area contributed by atoms with Crippen LogP contribution in [0.4, 0.5) is 0 Å². The molecule has 0 saturated heterocycles. The van der Waals surface area contributed by atoms with E-state index < -0.39 is 10.8 Å². The Bertz CT molecular complexity index is 566. The third-order valence-corrected chi connectivity index (χ3v) is 4.36. The molecule has 0 saturated carbocycles. The van der Waals surface area contributed by atoms with Gasteiger partial charge in [-0.1, -0.05) is 54.6 Å². The maximum atomic E-state index is 11.1. The summed E-state index contributed by atoms with van der Waals surface area (Å²) in [4.78, 5) is 0. The van der Waals surface area contributed by atoms with Gasteiger partial charge in [-0.15, -0.1) is 0 Å². The van der Waals surface area contributed by atoms with Gasteiger partial charge in [-0.25, -0.2) is 0 Å². The molecule has 0 fully saturated rings. The van der Waals surface area contributed by atoms with Crippen molar-refractivity contribution in [3.63, 3.8) is 0 Å². The third-order valence-electron chi connectivity index (χ3n) is 3.55. The number of rotatable bonds is 7. The molecule has 0 amide bonds. The minimum Gasteiger partial charge on any atom is -0.310 e. The summed E-state index contributed by atoms with van der Waals surface area (Å²) < 4.78 is 11.1. The van der Waals surface area contributed by atoms with Crippen LogP contribution in [0.5, 0.6) is 0 Å². The van der Waals surface area contributed by atoms with Crippen LogP contribution < -0.4 is 5.32 Å². The minimum absolute atomic E-state index is 0.391. The van der Waals surface area contributed by atoms with Gasteiger partial charge in [-0.3, -0.25) is 4.21 Å². The molecule has 2 unspecified atom stereocenters. The average molecular weight is 301 g/mol. The molecule has 1 N–H and O–H groups in total. The molecule has 0 radical (unpaired) electrons. The molecule has 2 atom stereocenters. The van der Waals surface area contributed by atoms with E-state index in [2.05, 4.69) is 60.8 Å². The molecule has 21 heavy (non-hydrogen) atoms. The second kappa shape index (κ2) is 8.11. The van der Waals surface area contributed by atoms with Crippen molar-refractivity contribution in [3.05, 3.63) is 60.2 Å². The Morgan fingerprint density at radius 1 is 1.00 bits per heavy atom. The fourth-order valence-corrected chi connectivity index (χ4v) is 2.87. The van der Waals surface area contributed by atoms with Crippen LogP contribution in [0.15, 0.2) is 54.6 Å². The molecule has 0 bridgehead atoms. The Balaban J connectivity index is 1.87. The first-order valence-electron chi connectivity index (χ1n) is 7.33. The SMILES string of the molecule is CC(CCS(C)=O)NCc1ccc(-c2ccccc2)cc1. The second-order valence-electron chi connectivity index (χ2n) is 5.41. The van der Waals surface area contributed by atoms with Crippen molar-refractivity contribution in [1.29, 1.82) is 0 Å². The highest BCUT2D eigenvalue weighted by Crippen LogP contribution is 2.19. The molecule has 0 aliphatic rings. The first-order chi connectivity index (χ1) is 10.1. The highest BCUT2D eigenvalue weighted by atomic mass is 32.2. The molecule has 2 nitrogen and oxygen atoms in total. The van der Waals surface area contributed by atoms with E-state index in [1.54, 1.807) is 6.26 Å². The van der Waals surface area contributed by atoms with Gasteiger partial charge in [0.2, 0.25) is 0 Å². The summed E-state index contributed by atoms with van der Waals surface area (Å²) in [5.74, 6) is 0.765. The summed E-state index contributed by atoms with van der Waals surface area (Å²) in [5.41, 5.74) is 3.77. The normalized spacial score (nSPS) is 13.8. The zero-order chi connectivity index (χ0) is 15.1. The van der Waals surface area contributed by atoms with E-state index in [0.717, 1.165) is 18.7 Å². The Morgan fingerprint density at radius 3 is 2.24 bits per heavy atom. The van der Waals surface area contributed by atoms with Crippen LogP contribution in [0.25, 0.3) is 11.1 Å². The van der Waals surface area contributed by atoms with Gasteiger partial charge in [0.15, 0.2) is 0 Å². The van der Waals surface area contributed by atoms with Gasteiger partial charge in [0.25, 0.3) is 0 Å². The van der Waals surface area contributed by atoms with Gasteiger partial charge in [0, 0.05) is 35.4 Å². The Kier molecular flexibility index (Phi) is 6.15. The molecule has 0 aliphatic heterocycles. The molecule has 0 aromatic heterocycles. The average Bonchev–Trinajstić information content (AvgIpc) is 2.52. The summed E-state index contributed by atoms with van der Waals surface area (Å²) in [5, 5.41) is 3.48. The summed E-state index contributed by atoms with van der Waals surface area (Å²) in [6, 6.07) is 19.5. The minimum atomic E-state index is -0.699. The monoisotopic (exact) mass is 301 g/mol. The van der Waals surface area contributed by atoms with Gasteiger partial charge in [-0.2, -0.15) is 0 Å². The van der Waals surface area contributed by atoms with E-state index >= 15 is 0 Å². The lowest BCUT2D eigenvalue weighted by molar-refractivity contribution is 0.535. The van der Waals surface area contributed by atoms with Gasteiger partial charge in [-0.05, 0) is 30.0 Å². The Labute approximate surface area is 130 Å². The van der Waals surface area contributed by atoms with E-state index in [-0.39, 0.29) is 0 Å². The molecule has 112 valence electrons. The van der Waals surface area contributed by atoms with E-state index in [4.69, 9.17) is 0 Å². The summed E-state index contributed by atoms with van der Waals surface area (Å²) in [6.07, 6.45) is 2.71. The standard InChI is InChI=1S/C18H23NOS/c1-15(12-13-21(2)20)19-14-16-8-10-18(11-9-16)17-6-4-3-5-7-17/h3-11,15,19H,12-14H2,1-2H3. The predicted octanol–water partition coefficient (Wildman–Crippen LogP) is 3.60. The van der Waals surface area contributed by atoms with E-state index in [0.29, 0.717) is 6.04 Å². The van der Waals surface area contributed by atoms with Crippen molar-refractivity contribution in [2.45, 2.75) is 25.9 Å². The molecule has 0 heterocycles. The van der Waals surface area contributed by atoms with E-state index in [1.807, 2.05) is 6.07 Å². The topological polar surface area (TPSA) is 29.1 Å². The van der Waals surface area contributed by atoms with Crippen LogP contribution in [-0.2, 0) is 17.3 Å². The lowest BCUT2D eigenvalue weighted by Gasteiger charge is -2.13. The highest BCUT2D eigenvalue weighted by molar-refractivity contribution is 7.84. The molecule has 2 aromatic carbocycles. The van der Waals surface area contributed by atoms with Gasteiger partial charge >= 0.3 is 0 Å². The van der Waals surface area contributed by atoms with Crippen molar-refractivity contribution in [2.75, 3.05) is 12.0 Å². The Hall–Kier alpha value is -1.45. The van der Waals surface area contributed by atoms with Crippen LogP contribution in [0, 0.1) is 0 Å². The molecule has 0 spiro atoms. The third kappa shape index (κ3) is 5.44. The maximum absolute atomic E-state index is 11.1. The second-order valence-corrected chi connectivity index (χ2v) is 6.97. The van der Waals surface area contributed by atoms with Crippen molar-refractivity contribution in [1.82, 2.24) is 5.32 Å². The molecular formula is C18H23NOS. The number of benzene rings is 2. The Morgan fingerprint density at radius 2 is 1.62 bits per heavy atom. The van der Waals surface area contributed by atoms with Crippen LogP contribution in [-0.4, -0.2) is 22.3 Å².